The zero-order valence-electron chi connectivity index (χ0n) is 13.5. The molecule has 124 valence electrons. The smallest absolute Gasteiger partial charge is 0.317 e. The molecular formula is C19H19FN2OS. The Bertz CT molecular complexity index is 846. The number of rotatable bonds is 5. The third kappa shape index (κ3) is 3.74. The monoisotopic (exact) mass is 342 g/mol. The molecule has 0 aliphatic heterocycles. The van der Waals surface area contributed by atoms with Crippen LogP contribution in [0.15, 0.2) is 53.9 Å². The predicted molar refractivity (Wildman–Crippen MR) is 96.8 cm³/mol. The maximum Gasteiger partial charge on any atom is 0.317 e. The summed E-state index contributed by atoms with van der Waals surface area (Å²) in [5, 5.41) is 6.28. The molecule has 0 saturated heterocycles. The molecule has 3 nitrogen and oxygen atoms in total. The first-order valence-corrected chi connectivity index (χ1v) is 8.70. The molecule has 0 radical (unpaired) electrons. The van der Waals surface area contributed by atoms with Gasteiger partial charge >= 0.3 is 6.03 Å². The van der Waals surface area contributed by atoms with Gasteiger partial charge < -0.3 is 10.2 Å². The van der Waals surface area contributed by atoms with Gasteiger partial charge in [-0.1, -0.05) is 36.4 Å². The molecule has 0 fully saturated rings. The molecule has 1 heterocycles. The van der Waals surface area contributed by atoms with E-state index < -0.39 is 0 Å². The van der Waals surface area contributed by atoms with Gasteiger partial charge in [-0.25, -0.2) is 9.18 Å². The quantitative estimate of drug-likeness (QED) is 0.731. The third-order valence-corrected chi connectivity index (χ3v) is 4.96. The number of hydrogen-bond acceptors (Lipinski definition) is 2. The number of thiophene rings is 1. The molecule has 0 saturated carbocycles. The first-order valence-electron chi connectivity index (χ1n) is 7.82. The lowest BCUT2D eigenvalue weighted by molar-refractivity contribution is 0.206. The van der Waals surface area contributed by atoms with Crippen LogP contribution >= 0.6 is 11.3 Å². The molecule has 0 atom stereocenters. The van der Waals surface area contributed by atoms with Crippen molar-refractivity contribution in [3.63, 3.8) is 0 Å². The highest BCUT2D eigenvalue weighted by atomic mass is 32.1. The number of carbonyl (C=O) groups is 1. The highest BCUT2D eigenvalue weighted by Gasteiger charge is 2.11. The van der Waals surface area contributed by atoms with E-state index in [1.54, 1.807) is 36.6 Å². The molecule has 3 rings (SSSR count). The standard InChI is InChI=1S/C19H19FN2OS/c1-22(12-14-6-2-4-8-17(14)20)19(23)21-11-10-15-13-24-18-9-5-3-7-16(15)18/h2-9,13H,10-12H2,1H3,(H,21,23). The number of nitrogens with one attached hydrogen (secondary N) is 1. The van der Waals surface area contributed by atoms with Gasteiger partial charge in [0.25, 0.3) is 0 Å². The van der Waals surface area contributed by atoms with Gasteiger partial charge in [-0.3, -0.25) is 0 Å². The summed E-state index contributed by atoms with van der Waals surface area (Å²) >= 11 is 1.72. The summed E-state index contributed by atoms with van der Waals surface area (Å²) in [6, 6.07) is 14.6. The molecule has 0 bridgehead atoms. The SMILES string of the molecule is CN(Cc1ccccc1F)C(=O)NCCc1csc2ccccc12. The van der Waals surface area contributed by atoms with Gasteiger partial charge in [0.1, 0.15) is 5.82 Å². The molecule has 0 spiro atoms. The zero-order chi connectivity index (χ0) is 16.9. The first-order chi connectivity index (χ1) is 11.6. The minimum atomic E-state index is -0.290. The van der Waals surface area contributed by atoms with Gasteiger partial charge in [0, 0.05) is 30.4 Å². The molecule has 0 aliphatic carbocycles. The Labute approximate surface area is 144 Å². The van der Waals surface area contributed by atoms with E-state index in [0.717, 1.165) is 6.42 Å². The fourth-order valence-electron chi connectivity index (χ4n) is 2.62. The van der Waals surface area contributed by atoms with Gasteiger partial charge in [-0.15, -0.1) is 11.3 Å². The van der Waals surface area contributed by atoms with Crippen molar-refractivity contribution in [1.82, 2.24) is 10.2 Å². The van der Waals surface area contributed by atoms with Crippen LogP contribution < -0.4 is 5.32 Å². The van der Waals surface area contributed by atoms with Crippen LogP contribution in [0.4, 0.5) is 9.18 Å². The molecule has 0 aliphatic rings. The van der Waals surface area contributed by atoms with E-state index in [2.05, 4.69) is 22.8 Å². The van der Waals surface area contributed by atoms with E-state index in [0.29, 0.717) is 12.1 Å². The normalized spacial score (nSPS) is 10.8. The summed E-state index contributed by atoms with van der Waals surface area (Å²) in [7, 11) is 1.67. The number of benzene rings is 2. The number of carbonyl (C=O) groups excluding carboxylic acids is 1. The van der Waals surface area contributed by atoms with Crippen molar-refractivity contribution in [2.75, 3.05) is 13.6 Å². The summed E-state index contributed by atoms with van der Waals surface area (Å²) in [4.78, 5) is 13.6. The van der Waals surface area contributed by atoms with Gasteiger partial charge in [0.15, 0.2) is 0 Å². The number of amides is 2. The van der Waals surface area contributed by atoms with E-state index in [1.165, 1.54) is 26.6 Å². The van der Waals surface area contributed by atoms with E-state index in [4.69, 9.17) is 0 Å². The largest absolute Gasteiger partial charge is 0.338 e. The predicted octanol–water partition coefficient (Wildman–Crippen LogP) is 4.42. The topological polar surface area (TPSA) is 32.3 Å². The second-order valence-corrected chi connectivity index (χ2v) is 6.60. The molecule has 1 N–H and O–H groups in total. The molecule has 2 aromatic carbocycles. The van der Waals surface area contributed by atoms with Crippen LogP contribution in [-0.4, -0.2) is 24.5 Å². The maximum absolute atomic E-state index is 13.6. The maximum atomic E-state index is 13.6. The Kier molecular flexibility index (Phi) is 5.11. The minimum Gasteiger partial charge on any atom is -0.338 e. The third-order valence-electron chi connectivity index (χ3n) is 3.94. The van der Waals surface area contributed by atoms with Crippen molar-refractivity contribution in [3.05, 3.63) is 70.9 Å². The van der Waals surface area contributed by atoms with Crippen molar-refractivity contribution >= 4 is 27.5 Å². The Balaban J connectivity index is 1.53. The van der Waals surface area contributed by atoms with Crippen molar-refractivity contribution in [1.29, 1.82) is 0 Å². The summed E-state index contributed by atoms with van der Waals surface area (Å²) in [6.07, 6.45) is 0.781. The molecule has 0 unspecified atom stereocenters. The van der Waals surface area contributed by atoms with E-state index >= 15 is 0 Å². The summed E-state index contributed by atoms with van der Waals surface area (Å²) in [6.45, 7) is 0.807. The van der Waals surface area contributed by atoms with Crippen molar-refractivity contribution in [3.8, 4) is 0 Å². The lowest BCUT2D eigenvalue weighted by Crippen LogP contribution is -2.37. The summed E-state index contributed by atoms with van der Waals surface area (Å²) < 4.78 is 14.9. The second-order valence-electron chi connectivity index (χ2n) is 5.69. The summed E-state index contributed by atoms with van der Waals surface area (Å²) in [5.74, 6) is -0.290. The minimum absolute atomic E-state index is 0.196. The number of urea groups is 1. The summed E-state index contributed by atoms with van der Waals surface area (Å²) in [5.41, 5.74) is 1.76. The fraction of sp³-hybridized carbons (Fsp3) is 0.211. The lowest BCUT2D eigenvalue weighted by Gasteiger charge is -2.18. The Morgan fingerprint density at radius 1 is 1.12 bits per heavy atom. The van der Waals surface area contributed by atoms with Crippen LogP contribution in [0, 0.1) is 5.82 Å². The number of hydrogen-bond donors (Lipinski definition) is 1. The van der Waals surface area contributed by atoms with Crippen LogP contribution in [0.1, 0.15) is 11.1 Å². The highest BCUT2D eigenvalue weighted by Crippen LogP contribution is 2.25. The molecular weight excluding hydrogens is 323 g/mol. The van der Waals surface area contributed by atoms with Gasteiger partial charge in [0.2, 0.25) is 0 Å². The van der Waals surface area contributed by atoms with Crippen molar-refractivity contribution in [2.24, 2.45) is 0 Å². The van der Waals surface area contributed by atoms with Gasteiger partial charge in [-0.05, 0) is 34.9 Å². The van der Waals surface area contributed by atoms with E-state index in [9.17, 15) is 9.18 Å². The van der Waals surface area contributed by atoms with Crippen LogP contribution in [0.5, 0.6) is 0 Å². The Morgan fingerprint density at radius 3 is 2.71 bits per heavy atom. The molecule has 2 amide bonds. The first kappa shape index (κ1) is 16.5. The second kappa shape index (κ2) is 7.45. The van der Waals surface area contributed by atoms with Crippen molar-refractivity contribution in [2.45, 2.75) is 13.0 Å². The lowest BCUT2D eigenvalue weighted by atomic mass is 10.1. The van der Waals surface area contributed by atoms with Crippen LogP contribution in [0.25, 0.3) is 10.1 Å². The average Bonchev–Trinajstić information content (AvgIpc) is 3.00. The van der Waals surface area contributed by atoms with Gasteiger partial charge in [-0.2, -0.15) is 0 Å². The van der Waals surface area contributed by atoms with E-state index in [-0.39, 0.29) is 18.4 Å². The molecule has 1 aromatic heterocycles. The van der Waals surface area contributed by atoms with Crippen molar-refractivity contribution < 1.29 is 9.18 Å². The Morgan fingerprint density at radius 2 is 1.88 bits per heavy atom. The van der Waals surface area contributed by atoms with E-state index in [1.807, 2.05) is 12.1 Å². The number of halogens is 1. The molecule has 3 aromatic rings. The average molecular weight is 342 g/mol. The van der Waals surface area contributed by atoms with Gasteiger partial charge in [0.05, 0.1) is 0 Å². The Hall–Kier alpha value is -2.40. The zero-order valence-corrected chi connectivity index (χ0v) is 14.3. The number of fused-ring (bicyclic) bond motifs is 1. The molecule has 5 heteroatoms. The highest BCUT2D eigenvalue weighted by molar-refractivity contribution is 7.17. The fourth-order valence-corrected chi connectivity index (χ4v) is 3.62. The van der Waals surface area contributed by atoms with Crippen LogP contribution in [0.2, 0.25) is 0 Å². The number of nitrogens with zero attached hydrogens (tertiary/aromatic N) is 1. The van der Waals surface area contributed by atoms with Crippen LogP contribution in [-0.2, 0) is 13.0 Å². The molecule has 24 heavy (non-hydrogen) atoms. The van der Waals surface area contributed by atoms with Crippen LogP contribution in [0.3, 0.4) is 0 Å².